The largest absolute Gasteiger partial charge is 0.472 e. The Kier molecular flexibility index (Phi) is 53.8. The number of phosphoric acid groups is 1. The molecular formula is C62H109O11P. The second-order valence-electron chi connectivity index (χ2n) is 19.8. The van der Waals surface area contributed by atoms with Crippen LogP contribution in [0.25, 0.3) is 0 Å². The molecule has 3 atom stereocenters. The molecule has 0 heterocycles. The molecule has 0 rings (SSSR count). The maximum atomic E-state index is 12.9. The topological polar surface area (TPSA) is 155 Å². The van der Waals surface area contributed by atoms with Crippen molar-refractivity contribution in [3.63, 3.8) is 0 Å². The molecule has 0 aromatic carbocycles. The number of hydrogen-bond donors (Lipinski definition) is 2. The lowest BCUT2D eigenvalue weighted by Gasteiger charge is -2.21. The number of unbranched alkanes of at least 4 members (excludes halogenated alkanes) is 26. The molecule has 0 fully saturated rings. The SMILES string of the molecule is CC/C=C\C/C=C\C/C=C\CCCCCCCCCC(=O)OCC(COP(=O)(O)OCC(CO)OC(=O)CCCCC/C=C\C/C=C\C/C=C\CC)OC(=O)CCCCCCCCCCCCCCCCCCC. The summed E-state index contributed by atoms with van der Waals surface area (Å²) in [6.45, 7) is 4.40. The van der Waals surface area contributed by atoms with Crippen molar-refractivity contribution in [1.29, 1.82) is 0 Å². The number of esters is 3. The van der Waals surface area contributed by atoms with Crippen molar-refractivity contribution in [3.05, 3.63) is 72.9 Å². The molecular weight excluding hydrogens is 952 g/mol. The van der Waals surface area contributed by atoms with Crippen LogP contribution in [0.1, 0.15) is 265 Å². The molecule has 2 N–H and O–H groups in total. The van der Waals surface area contributed by atoms with Gasteiger partial charge in [-0.2, -0.15) is 0 Å². The molecule has 11 nitrogen and oxygen atoms in total. The molecule has 428 valence electrons. The Labute approximate surface area is 452 Å². The molecule has 74 heavy (non-hydrogen) atoms. The Bertz CT molecular complexity index is 1520. The number of phosphoric ester groups is 1. The van der Waals surface area contributed by atoms with Gasteiger partial charge in [0.25, 0.3) is 0 Å². The third-order valence-corrected chi connectivity index (χ3v) is 13.6. The number of carbonyl (C=O) groups excluding carboxylic acids is 3. The number of aliphatic hydroxyl groups excluding tert-OH is 1. The molecule has 3 unspecified atom stereocenters. The zero-order chi connectivity index (χ0) is 54.1. The molecule has 0 bridgehead atoms. The van der Waals surface area contributed by atoms with Crippen molar-refractivity contribution in [2.24, 2.45) is 0 Å². The Balaban J connectivity index is 4.74. The fourth-order valence-electron chi connectivity index (χ4n) is 8.15. The lowest BCUT2D eigenvalue weighted by Crippen LogP contribution is -2.30. The van der Waals surface area contributed by atoms with E-state index in [9.17, 15) is 28.9 Å². The van der Waals surface area contributed by atoms with Crippen LogP contribution in [-0.2, 0) is 42.2 Å². The van der Waals surface area contributed by atoms with Crippen molar-refractivity contribution in [2.45, 2.75) is 277 Å². The second kappa shape index (κ2) is 56.1. The van der Waals surface area contributed by atoms with Crippen molar-refractivity contribution >= 4 is 25.7 Å². The van der Waals surface area contributed by atoms with Gasteiger partial charge in [-0.05, 0) is 83.5 Å². The summed E-state index contributed by atoms with van der Waals surface area (Å²) in [6.07, 6.45) is 62.9. The number of ether oxygens (including phenoxy) is 3. The standard InChI is InChI=1S/C62H109O11P/c1-4-7-10-13-16-19-22-25-27-29-31-34-36-39-42-45-48-51-60(64)69-55-59(73-62(66)53-50-47-44-41-38-35-32-30-28-26-23-20-17-14-11-8-5-2)57-71-74(67,68)70-56-58(54-63)72-61(65)52-49-46-43-40-37-33-24-21-18-15-12-9-6-3/h7,9-10,12,16,18-19,21,25,27,33,37,58-59,63H,4-6,8,11,13-15,17,20,22-24,26,28-32,34-36,38-57H2,1-3H3,(H,67,68)/b10-7-,12-9-,19-16-,21-18-,27-25-,37-33-. The highest BCUT2D eigenvalue weighted by atomic mass is 31.2. The summed E-state index contributed by atoms with van der Waals surface area (Å²) in [6, 6.07) is 0. The molecule has 0 aromatic heterocycles. The maximum absolute atomic E-state index is 12.9. The third kappa shape index (κ3) is 53.7. The van der Waals surface area contributed by atoms with E-state index in [1.165, 1.54) is 96.3 Å². The van der Waals surface area contributed by atoms with Gasteiger partial charge in [0.2, 0.25) is 0 Å². The average Bonchev–Trinajstić information content (AvgIpc) is 3.39. The summed E-state index contributed by atoms with van der Waals surface area (Å²) < 4.78 is 39.5. The van der Waals surface area contributed by atoms with Crippen molar-refractivity contribution in [1.82, 2.24) is 0 Å². The third-order valence-electron chi connectivity index (χ3n) is 12.6. The Hall–Kier alpha value is -3.08. The minimum Gasteiger partial charge on any atom is -0.462 e. The molecule has 0 radical (unpaired) electrons. The first kappa shape index (κ1) is 70.9. The van der Waals surface area contributed by atoms with E-state index in [1.807, 2.05) is 0 Å². The predicted molar refractivity (Wildman–Crippen MR) is 307 cm³/mol. The van der Waals surface area contributed by atoms with E-state index >= 15 is 0 Å². The van der Waals surface area contributed by atoms with Gasteiger partial charge in [-0.15, -0.1) is 0 Å². The first-order chi connectivity index (χ1) is 36.2. The van der Waals surface area contributed by atoms with Gasteiger partial charge >= 0.3 is 25.7 Å². The molecule has 0 aliphatic heterocycles. The van der Waals surface area contributed by atoms with Crippen LogP contribution in [0, 0.1) is 0 Å². The fraction of sp³-hybridized carbons (Fsp3) is 0.758. The summed E-state index contributed by atoms with van der Waals surface area (Å²) in [5.74, 6) is -1.50. The molecule has 0 aliphatic rings. The number of rotatable bonds is 55. The minimum atomic E-state index is -4.76. The summed E-state index contributed by atoms with van der Waals surface area (Å²) >= 11 is 0. The zero-order valence-corrected chi connectivity index (χ0v) is 48.2. The van der Waals surface area contributed by atoms with E-state index in [4.69, 9.17) is 23.3 Å². The lowest BCUT2D eigenvalue weighted by atomic mass is 10.0. The van der Waals surface area contributed by atoms with Crippen LogP contribution in [0.3, 0.4) is 0 Å². The highest BCUT2D eigenvalue weighted by molar-refractivity contribution is 7.47. The van der Waals surface area contributed by atoms with E-state index in [1.54, 1.807) is 0 Å². The van der Waals surface area contributed by atoms with Crippen LogP contribution in [0.2, 0.25) is 0 Å². The van der Waals surface area contributed by atoms with E-state index in [-0.39, 0.29) is 25.9 Å². The molecule has 0 aromatic rings. The van der Waals surface area contributed by atoms with Gasteiger partial charge < -0.3 is 24.2 Å². The van der Waals surface area contributed by atoms with Crippen LogP contribution in [0.5, 0.6) is 0 Å². The highest BCUT2D eigenvalue weighted by Gasteiger charge is 2.28. The highest BCUT2D eigenvalue weighted by Crippen LogP contribution is 2.43. The molecule has 0 amide bonds. The predicted octanol–water partition coefficient (Wildman–Crippen LogP) is 17.7. The average molecular weight is 1060 g/mol. The first-order valence-corrected chi connectivity index (χ1v) is 31.3. The monoisotopic (exact) mass is 1060 g/mol. The molecule has 0 spiro atoms. The van der Waals surface area contributed by atoms with Crippen LogP contribution in [0.15, 0.2) is 72.9 Å². The van der Waals surface area contributed by atoms with Crippen LogP contribution < -0.4 is 0 Å². The lowest BCUT2D eigenvalue weighted by molar-refractivity contribution is -0.161. The smallest absolute Gasteiger partial charge is 0.462 e. The molecule has 0 saturated heterocycles. The van der Waals surface area contributed by atoms with Crippen molar-refractivity contribution < 1.29 is 52.2 Å². The Morgan fingerprint density at radius 2 is 0.703 bits per heavy atom. The van der Waals surface area contributed by atoms with Crippen LogP contribution in [0.4, 0.5) is 0 Å². The van der Waals surface area contributed by atoms with Gasteiger partial charge in [-0.25, -0.2) is 4.57 Å². The quantitative estimate of drug-likeness (QED) is 0.0197. The summed E-state index contributed by atoms with van der Waals surface area (Å²) in [5, 5.41) is 9.81. The van der Waals surface area contributed by atoms with E-state index in [0.717, 1.165) is 109 Å². The van der Waals surface area contributed by atoms with Crippen molar-refractivity contribution in [2.75, 3.05) is 26.4 Å². The second-order valence-corrected chi connectivity index (χ2v) is 21.2. The van der Waals surface area contributed by atoms with Gasteiger partial charge in [0.15, 0.2) is 6.10 Å². The molecule has 0 saturated carbocycles. The minimum absolute atomic E-state index is 0.141. The van der Waals surface area contributed by atoms with E-state index in [0.29, 0.717) is 19.3 Å². The van der Waals surface area contributed by atoms with Crippen molar-refractivity contribution in [3.8, 4) is 0 Å². The maximum Gasteiger partial charge on any atom is 0.472 e. The summed E-state index contributed by atoms with van der Waals surface area (Å²) in [7, 11) is -4.76. The van der Waals surface area contributed by atoms with Gasteiger partial charge in [0, 0.05) is 19.3 Å². The number of hydrogen-bond acceptors (Lipinski definition) is 10. The summed E-state index contributed by atoms with van der Waals surface area (Å²) in [4.78, 5) is 48.6. The molecule has 12 heteroatoms. The van der Waals surface area contributed by atoms with Gasteiger partial charge in [-0.1, -0.05) is 235 Å². The summed E-state index contributed by atoms with van der Waals surface area (Å²) in [5.41, 5.74) is 0. The van der Waals surface area contributed by atoms with E-state index < -0.39 is 57.8 Å². The number of allylic oxidation sites excluding steroid dienone is 12. The molecule has 0 aliphatic carbocycles. The van der Waals surface area contributed by atoms with Crippen LogP contribution in [-0.4, -0.2) is 66.5 Å². The number of aliphatic hydroxyl groups is 1. The van der Waals surface area contributed by atoms with Gasteiger partial charge in [-0.3, -0.25) is 23.4 Å². The van der Waals surface area contributed by atoms with E-state index in [2.05, 4.69) is 93.7 Å². The Morgan fingerprint density at radius 3 is 1.09 bits per heavy atom. The van der Waals surface area contributed by atoms with Crippen LogP contribution >= 0.6 is 7.82 Å². The Morgan fingerprint density at radius 1 is 0.392 bits per heavy atom. The zero-order valence-electron chi connectivity index (χ0n) is 47.3. The number of carbonyl (C=O) groups is 3. The van der Waals surface area contributed by atoms with Gasteiger partial charge in [0.1, 0.15) is 12.7 Å². The fourth-order valence-corrected chi connectivity index (χ4v) is 8.93. The van der Waals surface area contributed by atoms with Gasteiger partial charge in [0.05, 0.1) is 19.8 Å². The normalized spacial score (nSPS) is 13.9. The first-order valence-electron chi connectivity index (χ1n) is 29.8.